The normalized spacial score (nSPS) is 11.1. The number of esters is 1. The van der Waals surface area contributed by atoms with E-state index in [1.54, 1.807) is 36.4 Å². The van der Waals surface area contributed by atoms with Gasteiger partial charge in [-0.2, -0.15) is 0 Å². The minimum absolute atomic E-state index is 0.000589. The number of ether oxygens (including phenoxy) is 5. The van der Waals surface area contributed by atoms with Gasteiger partial charge in [-0.25, -0.2) is 62.2 Å². The highest BCUT2D eigenvalue weighted by Gasteiger charge is 2.27. The third-order valence-electron chi connectivity index (χ3n) is 16.7. The Morgan fingerprint density at radius 3 is 1.37 bits per heavy atom. The smallest absolute Gasteiger partial charge is 0.357 e. The molecule has 0 unspecified atom stereocenters. The minimum Gasteiger partial charge on any atom is -0.492 e. The van der Waals surface area contributed by atoms with Gasteiger partial charge in [0.25, 0.3) is 0 Å². The van der Waals surface area contributed by atoms with Crippen molar-refractivity contribution < 1.29 is 46.0 Å². The molecule has 0 aliphatic rings. The van der Waals surface area contributed by atoms with Crippen LogP contribution in [-0.4, -0.2) is 95.9 Å². The van der Waals surface area contributed by atoms with E-state index in [4.69, 9.17) is 75.1 Å². The number of hydrogen-bond donors (Lipinski definition) is 2. The van der Waals surface area contributed by atoms with Gasteiger partial charge in [0.2, 0.25) is 0 Å². The topological polar surface area (TPSA) is 203 Å². The van der Waals surface area contributed by atoms with E-state index in [-0.39, 0.29) is 76.9 Å². The number of rotatable bonds is 12. The van der Waals surface area contributed by atoms with E-state index >= 15 is 0 Å². The number of methoxy groups -OCH3 is 5. The van der Waals surface area contributed by atoms with Crippen LogP contribution >= 0.6 is 57.7 Å². The number of aromatic amines is 2. The highest BCUT2D eigenvalue weighted by molar-refractivity contribution is 7.17. The summed E-state index contributed by atoms with van der Waals surface area (Å²) in [4.78, 5) is 55.6. The zero-order valence-corrected chi connectivity index (χ0v) is 60.5. The number of halogens is 8. The third-order valence-corrected chi connectivity index (χ3v) is 18.9. The number of nitrogens with zero attached hydrogens (tertiary/aromatic N) is 9. The average Bonchev–Trinajstić information content (AvgIpc) is 1.69. The highest BCUT2D eigenvalue weighted by atomic mass is 35.5. The van der Waals surface area contributed by atoms with E-state index in [1.807, 2.05) is 109 Å². The minimum atomic E-state index is -0.716. The Hall–Kier alpha value is -10.2. The molecular formula is C75H63Cl4F4N11O6S. The Balaban J connectivity index is 0.000000137. The van der Waals surface area contributed by atoms with E-state index in [2.05, 4.69) is 67.8 Å². The lowest BCUT2D eigenvalue weighted by molar-refractivity contribution is 0.0596. The van der Waals surface area contributed by atoms with Crippen molar-refractivity contribution in [3.8, 4) is 79.8 Å². The van der Waals surface area contributed by atoms with Crippen LogP contribution in [0.1, 0.15) is 61.1 Å². The molecule has 8 aromatic heterocycles. The van der Waals surface area contributed by atoms with Crippen LogP contribution in [0.5, 0.6) is 23.0 Å². The Kier molecular flexibility index (Phi) is 21.6. The molecular weight excluding hydrogens is 1400 g/mol. The first kappa shape index (κ1) is 72.0. The maximum atomic E-state index is 15.0. The molecule has 17 nitrogen and oxygen atoms in total. The first-order chi connectivity index (χ1) is 48.4. The number of hydrogen-bond acceptors (Lipinski definition) is 15. The third kappa shape index (κ3) is 14.2. The number of carbonyl (C=O) groups is 1. The molecule has 0 aliphatic heterocycles. The van der Waals surface area contributed by atoms with Gasteiger partial charge in [-0.3, -0.25) is 0 Å². The van der Waals surface area contributed by atoms with Gasteiger partial charge in [-0.15, -0.1) is 11.3 Å². The monoisotopic (exact) mass is 1460 g/mol. The number of aromatic nitrogens is 11. The lowest BCUT2D eigenvalue weighted by atomic mass is 10.1. The van der Waals surface area contributed by atoms with Gasteiger partial charge in [-0.05, 0) is 143 Å². The number of H-pyrrole nitrogens is 2. The van der Waals surface area contributed by atoms with Crippen molar-refractivity contribution in [1.82, 2.24) is 54.4 Å². The van der Waals surface area contributed by atoms with E-state index in [9.17, 15) is 22.4 Å². The number of thiophene rings is 1. The molecule has 14 rings (SSSR count). The van der Waals surface area contributed by atoms with E-state index in [1.165, 1.54) is 59.0 Å². The van der Waals surface area contributed by atoms with Crippen molar-refractivity contribution >= 4 is 107 Å². The van der Waals surface area contributed by atoms with Gasteiger partial charge in [-0.1, -0.05) is 107 Å². The molecule has 0 bridgehead atoms. The van der Waals surface area contributed by atoms with Crippen LogP contribution in [0, 0.1) is 78.7 Å². The van der Waals surface area contributed by atoms with Crippen LogP contribution in [0.15, 0.2) is 121 Å². The second-order valence-corrected chi connectivity index (χ2v) is 25.6. The van der Waals surface area contributed by atoms with Gasteiger partial charge < -0.3 is 38.2 Å². The van der Waals surface area contributed by atoms with E-state index in [0.29, 0.717) is 40.7 Å². The van der Waals surface area contributed by atoms with Gasteiger partial charge in [0.05, 0.1) is 106 Å². The van der Waals surface area contributed by atoms with Crippen LogP contribution < -0.4 is 18.9 Å². The summed E-state index contributed by atoms with van der Waals surface area (Å²) >= 11 is 25.4. The first-order valence-corrected chi connectivity index (χ1v) is 33.4. The number of aryl methyl sites for hydroxylation is 8. The average molecular weight is 1460 g/mol. The predicted molar refractivity (Wildman–Crippen MR) is 391 cm³/mol. The van der Waals surface area contributed by atoms with Crippen molar-refractivity contribution in [2.75, 3.05) is 35.5 Å². The highest BCUT2D eigenvalue weighted by Crippen LogP contribution is 2.41. The second-order valence-electron chi connectivity index (χ2n) is 23.1. The van der Waals surface area contributed by atoms with E-state index in [0.717, 1.165) is 88.5 Å². The van der Waals surface area contributed by atoms with Crippen LogP contribution in [0.25, 0.3) is 100 Å². The fraction of sp³-hybridized carbons (Fsp3) is 0.187. The predicted octanol–water partition coefficient (Wildman–Crippen LogP) is 19.9. The summed E-state index contributed by atoms with van der Waals surface area (Å²) < 4.78 is 86.0. The largest absolute Gasteiger partial charge is 0.492 e. The molecule has 0 saturated heterocycles. The SMILES string of the molecule is COC(=O)c1nc(-c2ccc(Cl)c(OC)c2F)nc2[nH]c(-c3ccccc3)c(C)c12.COc1c(Cl)ccc(-c2nc(C)c3c(C)c(C)[nH]c3n2)c1F.COc1c(Cl)ccc(-c2nc(C)c3c(C)cn(Cc4ccccc4)c3n2)c1F.COc1c(Cl)ccc(-c2nc(C)c3c(C)csc3n2)c1F. The van der Waals surface area contributed by atoms with Gasteiger partial charge in [0, 0.05) is 34.6 Å². The number of carbonyl (C=O) groups excluding carboxylic acids is 1. The van der Waals surface area contributed by atoms with Gasteiger partial charge >= 0.3 is 5.97 Å². The van der Waals surface area contributed by atoms with Crippen LogP contribution in [0.4, 0.5) is 17.6 Å². The summed E-state index contributed by atoms with van der Waals surface area (Å²) in [5.74, 6) is -2.18. The molecule has 0 atom stereocenters. The van der Waals surface area contributed by atoms with Crippen LogP contribution in [-0.2, 0) is 11.3 Å². The van der Waals surface area contributed by atoms with Crippen LogP contribution in [0.2, 0.25) is 20.1 Å². The van der Waals surface area contributed by atoms with Crippen molar-refractivity contribution in [3.05, 3.63) is 220 Å². The summed E-state index contributed by atoms with van der Waals surface area (Å²) in [5.41, 5.74) is 13.2. The van der Waals surface area contributed by atoms with Crippen molar-refractivity contribution in [3.63, 3.8) is 0 Å². The molecule has 0 amide bonds. The van der Waals surface area contributed by atoms with Gasteiger partial charge in [0.15, 0.2) is 75.3 Å². The first-order valence-electron chi connectivity index (χ1n) is 31.0. The molecule has 0 fully saturated rings. The summed E-state index contributed by atoms with van der Waals surface area (Å²) in [6, 6.07) is 32.1. The molecule has 2 N–H and O–H groups in total. The Bertz CT molecular complexity index is 5520. The van der Waals surface area contributed by atoms with E-state index < -0.39 is 29.2 Å². The summed E-state index contributed by atoms with van der Waals surface area (Å²) in [6.45, 7) is 16.3. The Morgan fingerprint density at radius 1 is 0.465 bits per heavy atom. The molecule has 14 aromatic rings. The number of nitrogens with one attached hydrogen (secondary N) is 2. The molecule has 8 heterocycles. The molecule has 0 radical (unpaired) electrons. The maximum Gasteiger partial charge on any atom is 0.357 e. The Labute approximate surface area is 601 Å². The molecule has 26 heteroatoms. The zero-order chi connectivity index (χ0) is 72.4. The molecule has 101 heavy (non-hydrogen) atoms. The Morgan fingerprint density at radius 2 is 0.891 bits per heavy atom. The zero-order valence-electron chi connectivity index (χ0n) is 56.7. The summed E-state index contributed by atoms with van der Waals surface area (Å²) in [5, 5.41) is 6.31. The fourth-order valence-electron chi connectivity index (χ4n) is 11.8. The quantitative estimate of drug-likeness (QED) is 0.0863. The van der Waals surface area contributed by atoms with Crippen molar-refractivity contribution in [2.24, 2.45) is 0 Å². The van der Waals surface area contributed by atoms with Crippen molar-refractivity contribution in [2.45, 2.75) is 61.9 Å². The summed E-state index contributed by atoms with van der Waals surface area (Å²) in [7, 11) is 6.73. The molecule has 6 aromatic carbocycles. The summed E-state index contributed by atoms with van der Waals surface area (Å²) in [6.07, 6.45) is 2.06. The molecule has 516 valence electrons. The maximum absolute atomic E-state index is 15.0. The number of fused-ring (bicyclic) bond motifs is 4. The molecule has 0 aliphatic carbocycles. The fourth-order valence-corrected chi connectivity index (χ4v) is 13.6. The lowest BCUT2D eigenvalue weighted by Gasteiger charge is -2.11. The van der Waals surface area contributed by atoms with Crippen molar-refractivity contribution in [1.29, 1.82) is 0 Å². The number of benzene rings is 6. The van der Waals surface area contributed by atoms with Gasteiger partial charge in [0.1, 0.15) is 21.8 Å². The molecule has 0 spiro atoms. The second kappa shape index (κ2) is 30.3. The standard InChI is InChI=1S/C22H17ClFN3O3.C22H19ClFN3O.C16H15ClFN3O.C15H12ClFN2OS/c1-11-15-18(22(28)30-3)26-20(13-9-10-14(23)19(29-2)16(13)24)27-21(15)25-17(11)12-7-5-4-6-8-12;1-13-11-27(12-15-7-5-4-6-8-15)22-18(13)14(2)25-21(26-22)16-9-10-17(23)20(28-3)19(16)24;1-7-8(2)19-16-12(7)9(3)20-15(21-16)10-5-6-11(17)14(22-4)13(10)18;1-7-6-21-15-11(7)8(2)18-14(19-15)9-4-5-10(16)13(20-3)12(9)17/h4-10H,1-3H3,(H,25,26,27);4-11H,12H2,1-3H3;5-6H,1-4H3,(H,19,20,21);4-6H,1-3H3. The lowest BCUT2D eigenvalue weighted by Crippen LogP contribution is -2.08. The van der Waals surface area contributed by atoms with Crippen LogP contribution in [0.3, 0.4) is 0 Å². The molecule has 0 saturated carbocycles.